The van der Waals surface area contributed by atoms with E-state index in [-0.39, 0.29) is 12.1 Å². The first-order valence-corrected chi connectivity index (χ1v) is 8.25. The van der Waals surface area contributed by atoms with Crippen LogP contribution in [-0.2, 0) is 0 Å². The summed E-state index contributed by atoms with van der Waals surface area (Å²) < 4.78 is 5.72. The van der Waals surface area contributed by atoms with Crippen LogP contribution < -0.4 is 10.2 Å². The molecule has 24 heavy (non-hydrogen) atoms. The van der Waals surface area contributed by atoms with Crippen molar-refractivity contribution in [2.75, 3.05) is 4.90 Å². The van der Waals surface area contributed by atoms with E-state index in [4.69, 9.17) is 16.6 Å². The maximum absolute atomic E-state index is 5.72. The maximum atomic E-state index is 5.72. The van der Waals surface area contributed by atoms with Crippen LogP contribution in [-0.4, -0.2) is 10.1 Å². The molecule has 120 valence electrons. The van der Waals surface area contributed by atoms with Gasteiger partial charge in [0.05, 0.1) is 18.0 Å². The van der Waals surface area contributed by atoms with E-state index in [1.807, 2.05) is 30.3 Å². The molecule has 1 saturated heterocycles. The zero-order valence-corrected chi connectivity index (χ0v) is 14.0. The van der Waals surface area contributed by atoms with Gasteiger partial charge in [-0.2, -0.15) is 0 Å². The first kappa shape index (κ1) is 14.9. The van der Waals surface area contributed by atoms with E-state index < -0.39 is 0 Å². The minimum Gasteiger partial charge on any atom is -0.467 e. The van der Waals surface area contributed by atoms with Crippen LogP contribution in [0.15, 0.2) is 71.5 Å². The van der Waals surface area contributed by atoms with E-state index in [0.717, 1.165) is 17.1 Å². The Hall–Kier alpha value is -2.66. The summed E-state index contributed by atoms with van der Waals surface area (Å²) in [7, 11) is 0. The number of rotatable bonds is 3. The second-order valence-electron chi connectivity index (χ2n) is 5.85. The topological polar surface area (TPSA) is 41.3 Å². The highest BCUT2D eigenvalue weighted by atomic mass is 32.1. The van der Waals surface area contributed by atoms with Crippen LogP contribution >= 0.6 is 12.2 Å². The summed E-state index contributed by atoms with van der Waals surface area (Å²) in [6.07, 6.45) is 3.49. The fourth-order valence-electron chi connectivity index (χ4n) is 3.09. The molecule has 0 saturated carbocycles. The summed E-state index contributed by atoms with van der Waals surface area (Å²) >= 11 is 5.63. The predicted octanol–water partition coefficient (Wildman–Crippen LogP) is 4.16. The number of aromatic nitrogens is 1. The summed E-state index contributed by atoms with van der Waals surface area (Å²) in [4.78, 5) is 6.61. The third kappa shape index (κ3) is 2.57. The van der Waals surface area contributed by atoms with Crippen LogP contribution in [0, 0.1) is 6.92 Å². The van der Waals surface area contributed by atoms with Gasteiger partial charge in [0, 0.05) is 11.9 Å². The minimum atomic E-state index is -0.0786. The van der Waals surface area contributed by atoms with Crippen molar-refractivity contribution in [3.63, 3.8) is 0 Å². The molecule has 0 amide bonds. The number of hydrogen-bond acceptors (Lipinski definition) is 3. The summed E-state index contributed by atoms with van der Waals surface area (Å²) in [5.41, 5.74) is 3.20. The minimum absolute atomic E-state index is 0.0637. The summed E-state index contributed by atoms with van der Waals surface area (Å²) in [6.45, 7) is 2.07. The molecule has 1 fully saturated rings. The number of nitrogens with zero attached hydrogens (tertiary/aromatic N) is 2. The molecule has 1 aliphatic heterocycles. The Bertz CT molecular complexity index is 831. The van der Waals surface area contributed by atoms with Crippen LogP contribution in [0.1, 0.15) is 29.1 Å². The number of furan rings is 1. The molecule has 0 bridgehead atoms. The van der Waals surface area contributed by atoms with Crippen molar-refractivity contribution in [2.45, 2.75) is 19.0 Å². The molecule has 1 N–H and O–H groups in total. The van der Waals surface area contributed by atoms with Crippen LogP contribution in [0.25, 0.3) is 0 Å². The van der Waals surface area contributed by atoms with E-state index in [1.54, 1.807) is 12.5 Å². The number of pyridine rings is 1. The third-order valence-electron chi connectivity index (χ3n) is 4.24. The molecule has 2 aromatic heterocycles. The lowest BCUT2D eigenvalue weighted by Crippen LogP contribution is -2.29. The van der Waals surface area contributed by atoms with Crippen molar-refractivity contribution in [2.24, 2.45) is 0 Å². The molecule has 0 unspecified atom stereocenters. The smallest absolute Gasteiger partial charge is 0.174 e. The molecule has 3 aromatic rings. The van der Waals surface area contributed by atoms with Crippen molar-refractivity contribution in [3.8, 4) is 0 Å². The molecule has 1 aromatic carbocycles. The number of benzene rings is 1. The molecule has 0 radical (unpaired) electrons. The van der Waals surface area contributed by atoms with Gasteiger partial charge in [-0.25, -0.2) is 0 Å². The Morgan fingerprint density at radius 1 is 1.08 bits per heavy atom. The van der Waals surface area contributed by atoms with Gasteiger partial charge in [-0.05, 0) is 55.5 Å². The van der Waals surface area contributed by atoms with Gasteiger partial charge in [0.1, 0.15) is 11.8 Å². The number of nitrogens with one attached hydrogen (secondary N) is 1. The SMILES string of the molecule is Cc1ccc(N2C(=S)N[C@H](c3ccccn3)[C@H]2c2ccco2)cc1. The predicted molar refractivity (Wildman–Crippen MR) is 97.8 cm³/mol. The van der Waals surface area contributed by atoms with Crippen molar-refractivity contribution in [1.29, 1.82) is 0 Å². The molecular weight excluding hydrogens is 318 g/mol. The highest BCUT2D eigenvalue weighted by Crippen LogP contribution is 2.41. The van der Waals surface area contributed by atoms with E-state index in [1.165, 1.54) is 5.56 Å². The summed E-state index contributed by atoms with van der Waals surface area (Å²) in [6, 6.07) is 18.0. The number of thiocarbonyl (C=S) groups is 1. The molecule has 4 rings (SSSR count). The largest absolute Gasteiger partial charge is 0.467 e. The molecule has 5 heteroatoms. The molecule has 0 aliphatic carbocycles. The molecule has 4 nitrogen and oxygen atoms in total. The zero-order valence-electron chi connectivity index (χ0n) is 13.2. The van der Waals surface area contributed by atoms with Crippen molar-refractivity contribution in [3.05, 3.63) is 84.1 Å². The van der Waals surface area contributed by atoms with E-state index in [2.05, 4.69) is 46.4 Å². The van der Waals surface area contributed by atoms with Gasteiger partial charge in [-0.3, -0.25) is 4.98 Å². The first-order valence-electron chi connectivity index (χ1n) is 7.85. The highest BCUT2D eigenvalue weighted by Gasteiger charge is 2.42. The Balaban J connectivity index is 1.80. The second-order valence-corrected chi connectivity index (χ2v) is 6.23. The van der Waals surface area contributed by atoms with Gasteiger partial charge in [0.2, 0.25) is 0 Å². The fraction of sp³-hybridized carbons (Fsp3) is 0.158. The lowest BCUT2D eigenvalue weighted by molar-refractivity contribution is 0.432. The highest BCUT2D eigenvalue weighted by molar-refractivity contribution is 7.80. The van der Waals surface area contributed by atoms with Crippen LogP contribution in [0.3, 0.4) is 0 Å². The van der Waals surface area contributed by atoms with E-state index in [9.17, 15) is 0 Å². The van der Waals surface area contributed by atoms with Crippen LogP contribution in [0.2, 0.25) is 0 Å². The monoisotopic (exact) mass is 335 g/mol. The fourth-order valence-corrected chi connectivity index (χ4v) is 3.43. The number of anilines is 1. The Labute approximate surface area is 146 Å². The van der Waals surface area contributed by atoms with Gasteiger partial charge in [0.15, 0.2) is 5.11 Å². The summed E-state index contributed by atoms with van der Waals surface area (Å²) in [5.74, 6) is 0.860. The van der Waals surface area contributed by atoms with Gasteiger partial charge in [-0.15, -0.1) is 0 Å². The van der Waals surface area contributed by atoms with Crippen LogP contribution in [0.5, 0.6) is 0 Å². The standard InChI is InChI=1S/C19H17N3OS/c1-13-7-9-14(10-8-13)22-18(16-6-4-12-23-16)17(21-19(22)24)15-5-2-3-11-20-15/h2-12,17-18H,1H3,(H,21,24)/t17-,18-/m1/s1. The summed E-state index contributed by atoms with van der Waals surface area (Å²) in [5, 5.41) is 4.08. The third-order valence-corrected chi connectivity index (χ3v) is 4.56. The second kappa shape index (κ2) is 6.09. The Kier molecular flexibility index (Phi) is 3.78. The maximum Gasteiger partial charge on any atom is 0.174 e. The zero-order chi connectivity index (χ0) is 16.5. The van der Waals surface area contributed by atoms with Crippen molar-refractivity contribution < 1.29 is 4.42 Å². The molecule has 0 spiro atoms. The molecule has 3 heterocycles. The van der Waals surface area contributed by atoms with E-state index in [0.29, 0.717) is 5.11 Å². The molecule has 2 atom stereocenters. The quantitative estimate of drug-likeness (QED) is 0.728. The average molecular weight is 335 g/mol. The number of hydrogen-bond donors (Lipinski definition) is 1. The normalized spacial score (nSPS) is 20.2. The molecular formula is C19H17N3OS. The van der Waals surface area contributed by atoms with Crippen molar-refractivity contribution >= 4 is 23.0 Å². The lowest BCUT2D eigenvalue weighted by atomic mass is 10.0. The Morgan fingerprint density at radius 2 is 1.92 bits per heavy atom. The Morgan fingerprint density at radius 3 is 2.58 bits per heavy atom. The van der Waals surface area contributed by atoms with Crippen LogP contribution in [0.4, 0.5) is 5.69 Å². The average Bonchev–Trinajstić information content (AvgIpc) is 3.24. The molecule has 1 aliphatic rings. The van der Waals surface area contributed by atoms with Crippen molar-refractivity contribution in [1.82, 2.24) is 10.3 Å². The van der Waals surface area contributed by atoms with E-state index >= 15 is 0 Å². The van der Waals surface area contributed by atoms with Gasteiger partial charge in [0.25, 0.3) is 0 Å². The number of aryl methyl sites for hydroxylation is 1. The first-order chi connectivity index (χ1) is 11.7. The lowest BCUT2D eigenvalue weighted by Gasteiger charge is -2.26. The van der Waals surface area contributed by atoms with Gasteiger partial charge < -0.3 is 14.6 Å². The van der Waals surface area contributed by atoms with Gasteiger partial charge in [-0.1, -0.05) is 23.8 Å². The van der Waals surface area contributed by atoms with Gasteiger partial charge >= 0.3 is 0 Å².